The monoisotopic (exact) mass is 465 g/mol. The van der Waals surface area contributed by atoms with Gasteiger partial charge >= 0.3 is 5.97 Å². The summed E-state index contributed by atoms with van der Waals surface area (Å²) in [6, 6.07) is 19.8. The Bertz CT molecular complexity index is 1120. The molecule has 7 heteroatoms. The largest absolute Gasteiger partial charge is 0.481 e. The van der Waals surface area contributed by atoms with Gasteiger partial charge in [0.05, 0.1) is 11.6 Å². The SMILES string of the molecule is Cc1cc(C(C[C@H](c2ccc(NCC(CCl)C(=O)O)cc2)c2ccccc2C)=NO)ccn1. The first-order valence-electron chi connectivity index (χ1n) is 10.7. The fraction of sp³-hybridized carbons (Fsp3) is 0.269. The van der Waals surface area contributed by atoms with Crippen molar-refractivity contribution in [2.45, 2.75) is 26.2 Å². The van der Waals surface area contributed by atoms with E-state index in [4.69, 9.17) is 11.6 Å². The van der Waals surface area contributed by atoms with E-state index in [1.807, 2.05) is 55.5 Å². The van der Waals surface area contributed by atoms with Gasteiger partial charge in [0.2, 0.25) is 0 Å². The number of nitrogens with one attached hydrogen (secondary N) is 1. The second-order valence-electron chi connectivity index (χ2n) is 8.04. The van der Waals surface area contributed by atoms with Gasteiger partial charge in [0.15, 0.2) is 0 Å². The number of hydrogen-bond acceptors (Lipinski definition) is 5. The van der Waals surface area contributed by atoms with Gasteiger partial charge in [-0.15, -0.1) is 11.6 Å². The number of pyridine rings is 1. The molecule has 33 heavy (non-hydrogen) atoms. The molecule has 0 aliphatic rings. The highest BCUT2D eigenvalue weighted by Crippen LogP contribution is 2.32. The molecule has 3 aromatic rings. The zero-order valence-corrected chi connectivity index (χ0v) is 19.5. The summed E-state index contributed by atoms with van der Waals surface area (Å²) in [6.45, 7) is 4.23. The molecule has 0 fully saturated rings. The molecule has 0 aliphatic heterocycles. The number of aromatic nitrogens is 1. The van der Waals surface area contributed by atoms with Crippen LogP contribution in [0.2, 0.25) is 0 Å². The maximum Gasteiger partial charge on any atom is 0.309 e. The van der Waals surface area contributed by atoms with Gasteiger partial charge in [-0.25, -0.2) is 0 Å². The van der Waals surface area contributed by atoms with Crippen LogP contribution in [0.3, 0.4) is 0 Å². The Morgan fingerprint density at radius 2 is 1.85 bits per heavy atom. The molecule has 3 rings (SSSR count). The third kappa shape index (κ3) is 6.33. The molecular weight excluding hydrogens is 438 g/mol. The molecule has 0 saturated heterocycles. The molecular formula is C26H28ClN3O3. The number of aryl methyl sites for hydroxylation is 2. The summed E-state index contributed by atoms with van der Waals surface area (Å²) in [4.78, 5) is 15.4. The minimum atomic E-state index is -0.920. The Hall–Kier alpha value is -3.38. The van der Waals surface area contributed by atoms with Crippen molar-refractivity contribution in [3.05, 3.63) is 94.8 Å². The quantitative estimate of drug-likeness (QED) is 0.160. The molecule has 0 amide bonds. The summed E-state index contributed by atoms with van der Waals surface area (Å²) >= 11 is 5.74. The number of carboxylic acid groups (broad SMARTS) is 1. The van der Waals surface area contributed by atoms with Crippen molar-refractivity contribution in [3.8, 4) is 0 Å². The Morgan fingerprint density at radius 1 is 1.12 bits per heavy atom. The number of hydrogen-bond donors (Lipinski definition) is 3. The summed E-state index contributed by atoms with van der Waals surface area (Å²) in [7, 11) is 0. The van der Waals surface area contributed by atoms with Crippen molar-refractivity contribution >= 4 is 29.0 Å². The molecule has 0 radical (unpaired) electrons. The number of anilines is 1. The second-order valence-corrected chi connectivity index (χ2v) is 8.35. The lowest BCUT2D eigenvalue weighted by Crippen LogP contribution is -2.24. The van der Waals surface area contributed by atoms with Crippen molar-refractivity contribution in [2.75, 3.05) is 17.7 Å². The van der Waals surface area contributed by atoms with Gasteiger partial charge in [-0.3, -0.25) is 9.78 Å². The van der Waals surface area contributed by atoms with Crippen LogP contribution in [0.25, 0.3) is 0 Å². The lowest BCUT2D eigenvalue weighted by molar-refractivity contribution is -0.140. The predicted molar refractivity (Wildman–Crippen MR) is 132 cm³/mol. The molecule has 0 spiro atoms. The van der Waals surface area contributed by atoms with Crippen LogP contribution in [0.1, 0.15) is 40.3 Å². The van der Waals surface area contributed by atoms with Crippen LogP contribution in [0, 0.1) is 19.8 Å². The van der Waals surface area contributed by atoms with Gasteiger partial charge in [0, 0.05) is 47.9 Å². The normalized spacial score (nSPS) is 13.4. The van der Waals surface area contributed by atoms with Gasteiger partial charge in [-0.1, -0.05) is 41.6 Å². The van der Waals surface area contributed by atoms with Crippen LogP contribution in [0.5, 0.6) is 0 Å². The first kappa shape index (κ1) is 24.3. The van der Waals surface area contributed by atoms with E-state index in [0.29, 0.717) is 12.1 Å². The van der Waals surface area contributed by atoms with Crippen molar-refractivity contribution in [1.82, 2.24) is 4.98 Å². The molecule has 6 nitrogen and oxygen atoms in total. The predicted octanol–water partition coefficient (Wildman–Crippen LogP) is 5.45. The third-order valence-electron chi connectivity index (χ3n) is 5.71. The molecule has 1 heterocycles. The molecule has 0 saturated carbocycles. The molecule has 1 aromatic heterocycles. The van der Waals surface area contributed by atoms with Crippen LogP contribution < -0.4 is 5.32 Å². The average Bonchev–Trinajstić information content (AvgIpc) is 2.81. The molecule has 3 N–H and O–H groups in total. The van der Waals surface area contributed by atoms with Crippen LogP contribution >= 0.6 is 11.6 Å². The number of halogens is 1. The number of oxime groups is 1. The van der Waals surface area contributed by atoms with Crippen LogP contribution in [0.15, 0.2) is 72.0 Å². The highest BCUT2D eigenvalue weighted by Gasteiger charge is 2.21. The second kappa shape index (κ2) is 11.5. The zero-order valence-electron chi connectivity index (χ0n) is 18.7. The Labute approximate surface area is 199 Å². The highest BCUT2D eigenvalue weighted by atomic mass is 35.5. The van der Waals surface area contributed by atoms with Crippen molar-refractivity contribution in [2.24, 2.45) is 11.1 Å². The third-order valence-corrected chi connectivity index (χ3v) is 6.09. The lowest BCUT2D eigenvalue weighted by Gasteiger charge is -2.21. The van der Waals surface area contributed by atoms with E-state index in [0.717, 1.165) is 33.6 Å². The van der Waals surface area contributed by atoms with Gasteiger partial charge < -0.3 is 15.6 Å². The maximum atomic E-state index is 11.2. The molecule has 0 bridgehead atoms. The molecule has 0 aliphatic carbocycles. The summed E-state index contributed by atoms with van der Waals surface area (Å²) in [6.07, 6.45) is 2.22. The number of carboxylic acids is 1. The first-order chi connectivity index (χ1) is 15.9. The Balaban J connectivity index is 1.89. The summed E-state index contributed by atoms with van der Waals surface area (Å²) in [5.41, 5.74) is 6.46. The fourth-order valence-electron chi connectivity index (χ4n) is 3.80. The minimum absolute atomic E-state index is 0.0331. The topological polar surface area (TPSA) is 94.8 Å². The lowest BCUT2D eigenvalue weighted by atomic mass is 9.83. The van der Waals surface area contributed by atoms with E-state index in [1.165, 1.54) is 0 Å². The van der Waals surface area contributed by atoms with Crippen LogP contribution in [-0.2, 0) is 4.79 Å². The summed E-state index contributed by atoms with van der Waals surface area (Å²) in [5.74, 6) is -1.56. The standard InChI is InChI=1S/C26H28ClN3O3/c1-17-5-3-4-6-23(17)24(14-25(30-33)20-11-12-28-18(2)13-20)19-7-9-22(10-8-19)29-16-21(15-27)26(31)32/h3-13,21,24,29,33H,14-16H2,1-2H3,(H,31,32)/t21?,24-/m1/s1. The van der Waals surface area contributed by atoms with Crippen LogP contribution in [-0.4, -0.2) is 39.4 Å². The van der Waals surface area contributed by atoms with E-state index < -0.39 is 11.9 Å². The number of benzene rings is 2. The fourth-order valence-corrected chi connectivity index (χ4v) is 4.04. The van der Waals surface area contributed by atoms with Gasteiger partial charge in [0.25, 0.3) is 0 Å². The average molecular weight is 466 g/mol. The maximum absolute atomic E-state index is 11.2. The smallest absolute Gasteiger partial charge is 0.309 e. The molecule has 172 valence electrons. The van der Waals surface area contributed by atoms with Crippen LogP contribution in [0.4, 0.5) is 5.69 Å². The van der Waals surface area contributed by atoms with Crippen molar-refractivity contribution in [3.63, 3.8) is 0 Å². The van der Waals surface area contributed by atoms with E-state index in [-0.39, 0.29) is 18.3 Å². The number of aliphatic carboxylic acids is 1. The summed E-state index contributed by atoms with van der Waals surface area (Å²) < 4.78 is 0. The summed E-state index contributed by atoms with van der Waals surface area (Å²) in [5, 5.41) is 25.8. The van der Waals surface area contributed by atoms with Crippen molar-refractivity contribution in [1.29, 1.82) is 0 Å². The van der Waals surface area contributed by atoms with E-state index in [9.17, 15) is 15.1 Å². The minimum Gasteiger partial charge on any atom is -0.481 e. The number of nitrogens with zero attached hydrogens (tertiary/aromatic N) is 2. The highest BCUT2D eigenvalue weighted by molar-refractivity contribution is 6.19. The van der Waals surface area contributed by atoms with Gasteiger partial charge in [-0.05, 0) is 54.8 Å². The number of rotatable bonds is 10. The Kier molecular flexibility index (Phi) is 8.44. The van der Waals surface area contributed by atoms with Crippen molar-refractivity contribution < 1.29 is 15.1 Å². The first-order valence-corrected chi connectivity index (χ1v) is 11.3. The number of carbonyl (C=O) groups is 1. The molecule has 2 atom stereocenters. The Morgan fingerprint density at radius 3 is 2.45 bits per heavy atom. The van der Waals surface area contributed by atoms with E-state index in [1.54, 1.807) is 6.20 Å². The van der Waals surface area contributed by atoms with E-state index >= 15 is 0 Å². The van der Waals surface area contributed by atoms with E-state index in [2.05, 4.69) is 34.5 Å². The van der Waals surface area contributed by atoms with Gasteiger partial charge in [-0.2, -0.15) is 0 Å². The number of alkyl halides is 1. The van der Waals surface area contributed by atoms with Gasteiger partial charge in [0.1, 0.15) is 0 Å². The molecule has 1 unspecified atom stereocenters. The zero-order chi connectivity index (χ0) is 23.8. The molecule has 2 aromatic carbocycles.